The molecule has 19 heavy (non-hydrogen) atoms. The van der Waals surface area contributed by atoms with Gasteiger partial charge in [-0.1, -0.05) is 11.6 Å². The molecule has 1 saturated heterocycles. The second-order valence-corrected chi connectivity index (χ2v) is 5.19. The highest BCUT2D eigenvalue weighted by Gasteiger charge is 2.28. The molecule has 7 heteroatoms. The molecule has 6 nitrogen and oxygen atoms in total. The lowest BCUT2D eigenvalue weighted by Gasteiger charge is -2.35. The van der Waals surface area contributed by atoms with Crippen molar-refractivity contribution in [3.8, 4) is 0 Å². The SMILES string of the molecule is CC1(C)OCC(Nc2ccc(Cl)c([N+](=O)[O-])c2)CO1. The van der Waals surface area contributed by atoms with Crippen molar-refractivity contribution in [2.45, 2.75) is 25.7 Å². The average Bonchev–Trinajstić information content (AvgIpc) is 2.34. The van der Waals surface area contributed by atoms with E-state index < -0.39 is 10.7 Å². The van der Waals surface area contributed by atoms with E-state index in [9.17, 15) is 10.1 Å². The minimum absolute atomic E-state index is 0.0474. The molecule has 0 unspecified atom stereocenters. The van der Waals surface area contributed by atoms with Crippen LogP contribution < -0.4 is 5.32 Å². The topological polar surface area (TPSA) is 73.6 Å². The normalized spacial score (nSPS) is 19.1. The maximum absolute atomic E-state index is 10.8. The number of nitrogens with zero attached hydrogens (tertiary/aromatic N) is 1. The number of anilines is 1. The van der Waals surface area contributed by atoms with Gasteiger partial charge in [-0.3, -0.25) is 10.1 Å². The molecule has 0 aliphatic carbocycles. The van der Waals surface area contributed by atoms with Crippen LogP contribution in [-0.4, -0.2) is 30.0 Å². The van der Waals surface area contributed by atoms with E-state index >= 15 is 0 Å². The molecule has 0 amide bonds. The summed E-state index contributed by atoms with van der Waals surface area (Å²) in [5.74, 6) is -0.579. The van der Waals surface area contributed by atoms with E-state index in [-0.39, 0.29) is 16.8 Å². The molecule has 0 bridgehead atoms. The van der Waals surface area contributed by atoms with E-state index in [1.807, 2.05) is 13.8 Å². The van der Waals surface area contributed by atoms with Crippen LogP contribution >= 0.6 is 11.6 Å². The van der Waals surface area contributed by atoms with E-state index in [0.29, 0.717) is 18.9 Å². The van der Waals surface area contributed by atoms with Crippen LogP contribution in [0.15, 0.2) is 18.2 Å². The standard InChI is InChI=1S/C12H15ClN2O4/c1-12(2)18-6-9(7-19-12)14-8-3-4-10(13)11(5-8)15(16)17/h3-5,9,14H,6-7H2,1-2H3. The van der Waals surface area contributed by atoms with Gasteiger partial charge in [0.15, 0.2) is 5.79 Å². The molecular formula is C12H15ClN2O4. The molecule has 0 radical (unpaired) electrons. The monoisotopic (exact) mass is 286 g/mol. The Balaban J connectivity index is 2.04. The zero-order valence-corrected chi connectivity index (χ0v) is 11.4. The Labute approximate surface area is 115 Å². The molecule has 104 valence electrons. The van der Waals surface area contributed by atoms with E-state index in [1.165, 1.54) is 12.1 Å². The minimum Gasteiger partial charge on any atom is -0.377 e. The third kappa shape index (κ3) is 3.56. The molecule has 1 heterocycles. The van der Waals surface area contributed by atoms with Crippen LogP contribution in [0.1, 0.15) is 13.8 Å². The Morgan fingerprint density at radius 1 is 1.42 bits per heavy atom. The third-order valence-corrected chi connectivity index (χ3v) is 3.10. The van der Waals surface area contributed by atoms with Gasteiger partial charge in [-0.2, -0.15) is 0 Å². The molecule has 1 aromatic carbocycles. The van der Waals surface area contributed by atoms with Crippen LogP contribution in [0.25, 0.3) is 0 Å². The first-order valence-corrected chi connectivity index (χ1v) is 6.23. The zero-order valence-electron chi connectivity index (χ0n) is 10.7. The summed E-state index contributed by atoms with van der Waals surface area (Å²) in [7, 11) is 0. The summed E-state index contributed by atoms with van der Waals surface area (Å²) in [4.78, 5) is 10.3. The first kappa shape index (κ1) is 14.0. The van der Waals surface area contributed by atoms with Gasteiger partial charge in [0, 0.05) is 11.8 Å². The number of benzene rings is 1. The van der Waals surface area contributed by atoms with Crippen molar-refractivity contribution in [3.63, 3.8) is 0 Å². The minimum atomic E-state index is -0.579. The molecule has 0 aromatic heterocycles. The predicted octanol–water partition coefficient (Wildman–Crippen LogP) is 2.81. The van der Waals surface area contributed by atoms with Gasteiger partial charge in [0.05, 0.1) is 24.2 Å². The largest absolute Gasteiger partial charge is 0.377 e. The molecule has 0 saturated carbocycles. The lowest BCUT2D eigenvalue weighted by Crippen LogP contribution is -2.45. The van der Waals surface area contributed by atoms with Gasteiger partial charge in [0.1, 0.15) is 5.02 Å². The van der Waals surface area contributed by atoms with Gasteiger partial charge >= 0.3 is 0 Å². The molecule has 0 spiro atoms. The van der Waals surface area contributed by atoms with E-state index in [0.717, 1.165) is 0 Å². The van der Waals surface area contributed by atoms with Crippen molar-refractivity contribution in [3.05, 3.63) is 33.3 Å². The summed E-state index contributed by atoms with van der Waals surface area (Å²) in [5.41, 5.74) is 0.498. The number of halogens is 1. The summed E-state index contributed by atoms with van der Waals surface area (Å²) in [6, 6.07) is 4.54. The zero-order chi connectivity index (χ0) is 14.0. The molecule has 1 aliphatic heterocycles. The fourth-order valence-corrected chi connectivity index (χ4v) is 1.94. The number of hydrogen-bond acceptors (Lipinski definition) is 5. The number of ether oxygens (including phenoxy) is 2. The van der Waals surface area contributed by atoms with Crippen LogP contribution in [0.5, 0.6) is 0 Å². The van der Waals surface area contributed by atoms with Crippen LogP contribution in [0.3, 0.4) is 0 Å². The highest BCUT2D eigenvalue weighted by Crippen LogP contribution is 2.28. The van der Waals surface area contributed by atoms with Crippen molar-refractivity contribution in [1.82, 2.24) is 0 Å². The van der Waals surface area contributed by atoms with Gasteiger partial charge in [0.2, 0.25) is 0 Å². The summed E-state index contributed by atoms with van der Waals surface area (Å²) in [5, 5.41) is 14.0. The van der Waals surface area contributed by atoms with Gasteiger partial charge in [-0.15, -0.1) is 0 Å². The van der Waals surface area contributed by atoms with Crippen molar-refractivity contribution in [1.29, 1.82) is 0 Å². The Bertz CT molecular complexity index is 483. The predicted molar refractivity (Wildman–Crippen MR) is 71.5 cm³/mol. The summed E-state index contributed by atoms with van der Waals surface area (Å²) >= 11 is 5.75. The number of nitrogens with one attached hydrogen (secondary N) is 1. The highest BCUT2D eigenvalue weighted by atomic mass is 35.5. The fraction of sp³-hybridized carbons (Fsp3) is 0.500. The lowest BCUT2D eigenvalue weighted by atomic mass is 10.2. The van der Waals surface area contributed by atoms with E-state index in [1.54, 1.807) is 6.07 Å². The number of nitro benzene ring substituents is 1. The van der Waals surface area contributed by atoms with Gasteiger partial charge in [-0.05, 0) is 26.0 Å². The van der Waals surface area contributed by atoms with Crippen LogP contribution in [0.4, 0.5) is 11.4 Å². The maximum atomic E-state index is 10.8. The fourth-order valence-electron chi connectivity index (χ4n) is 1.75. The van der Waals surface area contributed by atoms with E-state index in [2.05, 4.69) is 5.32 Å². The molecule has 1 N–H and O–H groups in total. The van der Waals surface area contributed by atoms with Crippen molar-refractivity contribution in [2.24, 2.45) is 0 Å². The number of hydrogen-bond donors (Lipinski definition) is 1. The quantitative estimate of drug-likeness (QED) is 0.683. The molecule has 1 aliphatic rings. The van der Waals surface area contributed by atoms with Crippen LogP contribution in [0, 0.1) is 10.1 Å². The maximum Gasteiger partial charge on any atom is 0.289 e. The molecule has 1 aromatic rings. The van der Waals surface area contributed by atoms with Crippen molar-refractivity contribution < 1.29 is 14.4 Å². The molecule has 1 fully saturated rings. The first-order valence-electron chi connectivity index (χ1n) is 5.86. The third-order valence-electron chi connectivity index (χ3n) is 2.78. The second kappa shape index (κ2) is 5.32. The Kier molecular flexibility index (Phi) is 3.93. The number of rotatable bonds is 3. The number of nitro groups is 1. The Morgan fingerprint density at radius 3 is 2.63 bits per heavy atom. The van der Waals surface area contributed by atoms with Crippen molar-refractivity contribution >= 4 is 23.0 Å². The van der Waals surface area contributed by atoms with Gasteiger partial charge < -0.3 is 14.8 Å². The smallest absolute Gasteiger partial charge is 0.289 e. The van der Waals surface area contributed by atoms with Crippen LogP contribution in [0.2, 0.25) is 5.02 Å². The lowest BCUT2D eigenvalue weighted by molar-refractivity contribution is -0.384. The second-order valence-electron chi connectivity index (χ2n) is 4.79. The Hall–Kier alpha value is -1.37. The van der Waals surface area contributed by atoms with Crippen LogP contribution in [-0.2, 0) is 9.47 Å². The molecule has 2 rings (SSSR count). The molecular weight excluding hydrogens is 272 g/mol. The first-order chi connectivity index (χ1) is 8.87. The molecule has 0 atom stereocenters. The van der Waals surface area contributed by atoms with E-state index in [4.69, 9.17) is 21.1 Å². The summed E-state index contributed by atoms with van der Waals surface area (Å²) in [6.07, 6.45) is 0. The highest BCUT2D eigenvalue weighted by molar-refractivity contribution is 6.32. The Morgan fingerprint density at radius 2 is 2.05 bits per heavy atom. The van der Waals surface area contributed by atoms with Crippen molar-refractivity contribution in [2.75, 3.05) is 18.5 Å². The van der Waals surface area contributed by atoms with Gasteiger partial charge in [0.25, 0.3) is 5.69 Å². The average molecular weight is 287 g/mol. The summed E-state index contributed by atoms with van der Waals surface area (Å²) in [6.45, 7) is 4.64. The summed E-state index contributed by atoms with van der Waals surface area (Å²) < 4.78 is 11.0. The van der Waals surface area contributed by atoms with Gasteiger partial charge in [-0.25, -0.2) is 0 Å².